The number of hydrogen-bond acceptors (Lipinski definition) is 4. The first-order valence-corrected chi connectivity index (χ1v) is 7.24. The molecule has 1 heterocycles. The van der Waals surface area contributed by atoms with Gasteiger partial charge in [-0.25, -0.2) is 4.98 Å². The molecule has 2 rings (SSSR count). The summed E-state index contributed by atoms with van der Waals surface area (Å²) in [5.74, 6) is 0.813. The Morgan fingerprint density at radius 1 is 1.33 bits per heavy atom. The maximum atomic E-state index is 6.25. The molecule has 1 aromatic carbocycles. The predicted octanol–water partition coefficient (Wildman–Crippen LogP) is 2.35. The van der Waals surface area contributed by atoms with Crippen molar-refractivity contribution in [2.75, 3.05) is 26.9 Å². The van der Waals surface area contributed by atoms with Crippen LogP contribution in [0.25, 0.3) is 0 Å². The van der Waals surface area contributed by atoms with Crippen LogP contribution in [0.3, 0.4) is 0 Å². The molecule has 0 saturated carbocycles. The van der Waals surface area contributed by atoms with Gasteiger partial charge in [0.1, 0.15) is 12.4 Å². The fourth-order valence-corrected chi connectivity index (χ4v) is 2.15. The molecule has 0 atom stereocenters. The predicted molar refractivity (Wildman–Crippen MR) is 82.8 cm³/mol. The number of nitrogens with zero attached hydrogens (tertiary/aromatic N) is 2. The normalized spacial score (nSPS) is 10.8. The van der Waals surface area contributed by atoms with Crippen molar-refractivity contribution in [3.8, 4) is 5.75 Å². The first-order chi connectivity index (χ1) is 10.3. The summed E-state index contributed by atoms with van der Waals surface area (Å²) >= 11 is 6.25. The molecule has 6 heteroatoms. The van der Waals surface area contributed by atoms with Gasteiger partial charge in [0.2, 0.25) is 0 Å². The van der Waals surface area contributed by atoms with Crippen LogP contribution in [-0.2, 0) is 17.8 Å². The molecule has 0 saturated heterocycles. The van der Waals surface area contributed by atoms with E-state index < -0.39 is 0 Å². The Bertz CT molecular complexity index is 532. The van der Waals surface area contributed by atoms with Crippen LogP contribution in [-0.4, -0.2) is 36.4 Å². The van der Waals surface area contributed by atoms with E-state index in [9.17, 15) is 0 Å². The molecule has 5 nitrogen and oxygen atoms in total. The van der Waals surface area contributed by atoms with E-state index >= 15 is 0 Å². The molecule has 0 radical (unpaired) electrons. The van der Waals surface area contributed by atoms with Gasteiger partial charge in [-0.1, -0.05) is 17.7 Å². The molecule has 2 aromatic rings. The van der Waals surface area contributed by atoms with Crippen molar-refractivity contribution in [3.63, 3.8) is 0 Å². The SMILES string of the molecule is COCCNCc1c(Cl)cccc1OCCn1ccnc1. The van der Waals surface area contributed by atoms with Crippen LogP contribution in [0.2, 0.25) is 5.02 Å². The number of methoxy groups -OCH3 is 1. The number of rotatable bonds is 9. The van der Waals surface area contributed by atoms with Crippen LogP contribution in [0, 0.1) is 0 Å². The van der Waals surface area contributed by atoms with Gasteiger partial charge in [0.15, 0.2) is 0 Å². The fraction of sp³-hybridized carbons (Fsp3) is 0.400. The summed E-state index contributed by atoms with van der Waals surface area (Å²) in [6, 6.07) is 5.71. The highest BCUT2D eigenvalue weighted by molar-refractivity contribution is 6.31. The molecule has 21 heavy (non-hydrogen) atoms. The molecular weight excluding hydrogens is 290 g/mol. The fourth-order valence-electron chi connectivity index (χ4n) is 1.91. The highest BCUT2D eigenvalue weighted by atomic mass is 35.5. The van der Waals surface area contributed by atoms with Gasteiger partial charge >= 0.3 is 0 Å². The standard InChI is InChI=1S/C15H20ClN3O2/c1-20-9-6-17-11-13-14(16)3-2-4-15(13)21-10-8-19-7-5-18-12-19/h2-5,7,12,17H,6,8-11H2,1H3. The molecular formula is C15H20ClN3O2. The Balaban J connectivity index is 1.89. The van der Waals surface area contributed by atoms with Crippen LogP contribution < -0.4 is 10.1 Å². The van der Waals surface area contributed by atoms with Crippen LogP contribution in [0.5, 0.6) is 5.75 Å². The van der Waals surface area contributed by atoms with E-state index in [1.54, 1.807) is 19.6 Å². The summed E-state index contributed by atoms with van der Waals surface area (Å²) in [6.45, 7) is 3.42. The molecule has 0 aliphatic rings. The van der Waals surface area contributed by atoms with Gasteiger partial charge in [-0.15, -0.1) is 0 Å². The summed E-state index contributed by atoms with van der Waals surface area (Å²) in [4.78, 5) is 4.00. The molecule has 1 aromatic heterocycles. The first-order valence-electron chi connectivity index (χ1n) is 6.87. The minimum Gasteiger partial charge on any atom is -0.491 e. The lowest BCUT2D eigenvalue weighted by molar-refractivity contribution is 0.199. The maximum Gasteiger partial charge on any atom is 0.125 e. The Labute approximate surface area is 129 Å². The topological polar surface area (TPSA) is 48.3 Å². The average molecular weight is 310 g/mol. The Morgan fingerprint density at radius 3 is 3.00 bits per heavy atom. The van der Waals surface area contributed by atoms with E-state index in [1.165, 1.54) is 0 Å². The van der Waals surface area contributed by atoms with E-state index in [1.807, 2.05) is 29.0 Å². The highest BCUT2D eigenvalue weighted by Crippen LogP contribution is 2.26. The smallest absolute Gasteiger partial charge is 0.125 e. The van der Waals surface area contributed by atoms with E-state index in [2.05, 4.69) is 10.3 Å². The Morgan fingerprint density at radius 2 is 2.24 bits per heavy atom. The van der Waals surface area contributed by atoms with Crippen molar-refractivity contribution in [1.29, 1.82) is 0 Å². The molecule has 114 valence electrons. The van der Waals surface area contributed by atoms with Crippen LogP contribution in [0.15, 0.2) is 36.9 Å². The minimum atomic E-state index is 0.571. The molecule has 0 spiro atoms. The molecule has 1 N–H and O–H groups in total. The largest absolute Gasteiger partial charge is 0.491 e. The van der Waals surface area contributed by atoms with Gasteiger partial charge < -0.3 is 19.4 Å². The summed E-state index contributed by atoms with van der Waals surface area (Å²) in [5.41, 5.74) is 0.973. The second-order valence-electron chi connectivity index (χ2n) is 4.54. The minimum absolute atomic E-state index is 0.571. The highest BCUT2D eigenvalue weighted by Gasteiger charge is 2.08. The third kappa shape index (κ3) is 5.04. The van der Waals surface area contributed by atoms with Gasteiger partial charge in [-0.05, 0) is 12.1 Å². The van der Waals surface area contributed by atoms with Crippen molar-refractivity contribution in [2.45, 2.75) is 13.1 Å². The molecule has 0 bridgehead atoms. The number of nitrogens with one attached hydrogen (secondary N) is 1. The Hall–Kier alpha value is -1.56. The zero-order valence-electron chi connectivity index (χ0n) is 12.1. The number of benzene rings is 1. The second kappa shape index (κ2) is 8.67. The van der Waals surface area contributed by atoms with Gasteiger partial charge in [0.25, 0.3) is 0 Å². The lowest BCUT2D eigenvalue weighted by Gasteiger charge is -2.14. The number of ether oxygens (including phenoxy) is 2. The van der Waals surface area contributed by atoms with E-state index in [0.29, 0.717) is 24.8 Å². The molecule has 0 unspecified atom stereocenters. The van der Waals surface area contributed by atoms with Crippen molar-refractivity contribution >= 4 is 11.6 Å². The summed E-state index contributed by atoms with van der Waals surface area (Å²) in [5, 5.41) is 3.99. The first kappa shape index (κ1) is 15.8. The lowest BCUT2D eigenvalue weighted by Crippen LogP contribution is -2.19. The molecule has 0 aliphatic heterocycles. The van der Waals surface area contributed by atoms with Gasteiger partial charge in [0, 0.05) is 43.2 Å². The van der Waals surface area contributed by atoms with Crippen LogP contribution in [0.4, 0.5) is 0 Å². The van der Waals surface area contributed by atoms with Gasteiger partial charge in [-0.2, -0.15) is 0 Å². The monoisotopic (exact) mass is 309 g/mol. The maximum absolute atomic E-state index is 6.25. The summed E-state index contributed by atoms with van der Waals surface area (Å²) in [6.07, 6.45) is 5.44. The van der Waals surface area contributed by atoms with Crippen molar-refractivity contribution in [2.24, 2.45) is 0 Å². The van der Waals surface area contributed by atoms with Gasteiger partial charge in [-0.3, -0.25) is 0 Å². The number of halogens is 1. The zero-order valence-corrected chi connectivity index (χ0v) is 12.8. The number of imidazole rings is 1. The van der Waals surface area contributed by atoms with Crippen LogP contribution >= 0.6 is 11.6 Å². The van der Waals surface area contributed by atoms with Crippen LogP contribution in [0.1, 0.15) is 5.56 Å². The quantitative estimate of drug-likeness (QED) is 0.722. The number of hydrogen-bond donors (Lipinski definition) is 1. The molecule has 0 amide bonds. The Kier molecular flexibility index (Phi) is 6.53. The van der Waals surface area contributed by atoms with E-state index in [0.717, 1.165) is 24.4 Å². The third-order valence-corrected chi connectivity index (χ3v) is 3.38. The zero-order chi connectivity index (χ0) is 14.9. The second-order valence-corrected chi connectivity index (χ2v) is 4.94. The van der Waals surface area contributed by atoms with Gasteiger partial charge in [0.05, 0.1) is 19.5 Å². The average Bonchev–Trinajstić information content (AvgIpc) is 2.99. The third-order valence-electron chi connectivity index (χ3n) is 3.03. The van der Waals surface area contributed by atoms with E-state index in [4.69, 9.17) is 21.1 Å². The summed E-state index contributed by atoms with van der Waals surface area (Å²) in [7, 11) is 1.68. The van der Waals surface area contributed by atoms with Crippen molar-refractivity contribution < 1.29 is 9.47 Å². The molecule has 0 fully saturated rings. The van der Waals surface area contributed by atoms with Crippen molar-refractivity contribution in [1.82, 2.24) is 14.9 Å². The lowest BCUT2D eigenvalue weighted by atomic mass is 10.2. The van der Waals surface area contributed by atoms with Crippen molar-refractivity contribution in [3.05, 3.63) is 47.5 Å². The number of aromatic nitrogens is 2. The van der Waals surface area contributed by atoms with E-state index in [-0.39, 0.29) is 0 Å². The molecule has 0 aliphatic carbocycles. The summed E-state index contributed by atoms with van der Waals surface area (Å²) < 4.78 is 12.8.